The number of methoxy groups -OCH3 is 2. The molecule has 1 aliphatic heterocycles. The molecule has 0 bridgehead atoms. The van der Waals surface area contributed by atoms with Gasteiger partial charge in [0, 0.05) is 49.7 Å². The topological polar surface area (TPSA) is 50.7 Å². The molecule has 2 aromatic carbocycles. The van der Waals surface area contributed by atoms with E-state index in [0.717, 1.165) is 54.9 Å². The largest absolute Gasteiger partial charge is 0.497 e. The monoisotopic (exact) mass is 376 g/mol. The summed E-state index contributed by atoms with van der Waals surface area (Å²) >= 11 is 0. The van der Waals surface area contributed by atoms with Crippen LogP contribution < -0.4 is 19.3 Å². The molecule has 0 atom stereocenters. The van der Waals surface area contributed by atoms with E-state index >= 15 is 0 Å². The van der Waals surface area contributed by atoms with Crippen LogP contribution in [-0.2, 0) is 0 Å². The van der Waals surface area contributed by atoms with Crippen molar-refractivity contribution in [1.82, 2.24) is 9.97 Å². The van der Waals surface area contributed by atoms with E-state index in [2.05, 4.69) is 39.0 Å². The SMILES string of the molecule is COc1ccc(-c2ccnc(N3CCN(c4ccccc4)CC3)n2)c(OC)c1. The molecule has 0 saturated carbocycles. The van der Waals surface area contributed by atoms with E-state index < -0.39 is 0 Å². The van der Waals surface area contributed by atoms with Crippen LogP contribution in [0, 0.1) is 0 Å². The second-order valence-electron chi connectivity index (χ2n) is 6.62. The first-order valence-electron chi connectivity index (χ1n) is 9.39. The number of para-hydroxylation sites is 1. The van der Waals surface area contributed by atoms with Crippen molar-refractivity contribution in [3.63, 3.8) is 0 Å². The van der Waals surface area contributed by atoms with E-state index in [4.69, 9.17) is 14.5 Å². The molecule has 1 saturated heterocycles. The Labute approximate surface area is 165 Å². The maximum Gasteiger partial charge on any atom is 0.225 e. The average Bonchev–Trinajstić information content (AvgIpc) is 2.79. The van der Waals surface area contributed by atoms with Crippen LogP contribution in [0.3, 0.4) is 0 Å². The van der Waals surface area contributed by atoms with Gasteiger partial charge in [-0.3, -0.25) is 0 Å². The number of hydrogen-bond donors (Lipinski definition) is 0. The maximum atomic E-state index is 5.53. The molecule has 1 aliphatic rings. The molecule has 28 heavy (non-hydrogen) atoms. The third-order valence-corrected chi connectivity index (χ3v) is 5.01. The summed E-state index contributed by atoms with van der Waals surface area (Å²) in [6.07, 6.45) is 1.81. The first kappa shape index (κ1) is 18.1. The van der Waals surface area contributed by atoms with Crippen molar-refractivity contribution >= 4 is 11.6 Å². The van der Waals surface area contributed by atoms with E-state index in [1.165, 1.54) is 5.69 Å². The molecule has 0 spiro atoms. The molecular formula is C22H24N4O2. The first-order valence-corrected chi connectivity index (χ1v) is 9.39. The number of piperazine rings is 1. The molecule has 0 N–H and O–H groups in total. The van der Waals surface area contributed by atoms with Gasteiger partial charge in [-0.25, -0.2) is 9.97 Å². The Morgan fingerprint density at radius 1 is 0.821 bits per heavy atom. The summed E-state index contributed by atoms with van der Waals surface area (Å²) in [4.78, 5) is 13.9. The standard InChI is InChI=1S/C22H24N4O2/c1-27-18-8-9-19(21(16-18)28-2)20-10-11-23-22(24-20)26-14-12-25(13-15-26)17-6-4-3-5-7-17/h3-11,16H,12-15H2,1-2H3. The van der Waals surface area contributed by atoms with E-state index in [9.17, 15) is 0 Å². The van der Waals surface area contributed by atoms with E-state index in [1.54, 1.807) is 14.2 Å². The normalized spacial score (nSPS) is 14.1. The van der Waals surface area contributed by atoms with E-state index in [0.29, 0.717) is 0 Å². The predicted molar refractivity (Wildman–Crippen MR) is 111 cm³/mol. The lowest BCUT2D eigenvalue weighted by Gasteiger charge is -2.36. The highest BCUT2D eigenvalue weighted by atomic mass is 16.5. The number of aromatic nitrogens is 2. The minimum Gasteiger partial charge on any atom is -0.497 e. The van der Waals surface area contributed by atoms with Gasteiger partial charge in [-0.1, -0.05) is 18.2 Å². The van der Waals surface area contributed by atoms with Crippen LogP contribution in [0.4, 0.5) is 11.6 Å². The van der Waals surface area contributed by atoms with Crippen LogP contribution in [0.15, 0.2) is 60.8 Å². The van der Waals surface area contributed by atoms with Gasteiger partial charge < -0.3 is 19.3 Å². The highest BCUT2D eigenvalue weighted by Crippen LogP contribution is 2.32. The van der Waals surface area contributed by atoms with Crippen LogP contribution in [0.2, 0.25) is 0 Å². The van der Waals surface area contributed by atoms with Gasteiger partial charge in [0.25, 0.3) is 0 Å². The minimum atomic E-state index is 0.734. The number of ether oxygens (including phenoxy) is 2. The zero-order chi connectivity index (χ0) is 19.3. The number of hydrogen-bond acceptors (Lipinski definition) is 6. The molecule has 144 valence electrons. The van der Waals surface area contributed by atoms with Gasteiger partial charge >= 0.3 is 0 Å². The molecule has 2 heterocycles. The molecule has 6 nitrogen and oxygen atoms in total. The van der Waals surface area contributed by atoms with Gasteiger partial charge in [0.2, 0.25) is 5.95 Å². The maximum absolute atomic E-state index is 5.53. The number of anilines is 2. The van der Waals surface area contributed by atoms with Crippen molar-refractivity contribution in [2.75, 3.05) is 50.2 Å². The van der Waals surface area contributed by atoms with Crippen molar-refractivity contribution in [2.45, 2.75) is 0 Å². The molecule has 4 rings (SSSR count). The Morgan fingerprint density at radius 2 is 1.57 bits per heavy atom. The summed E-state index contributed by atoms with van der Waals surface area (Å²) in [5.74, 6) is 2.24. The Bertz CT molecular complexity index is 925. The zero-order valence-electron chi connectivity index (χ0n) is 16.2. The molecule has 0 unspecified atom stereocenters. The Balaban J connectivity index is 1.52. The number of rotatable bonds is 5. The van der Waals surface area contributed by atoms with Crippen LogP contribution in [0.25, 0.3) is 11.3 Å². The van der Waals surface area contributed by atoms with Crippen LogP contribution in [-0.4, -0.2) is 50.4 Å². The lowest BCUT2D eigenvalue weighted by molar-refractivity contribution is 0.395. The summed E-state index contributed by atoms with van der Waals surface area (Å²) in [6.45, 7) is 3.67. The Hall–Kier alpha value is -3.28. The minimum absolute atomic E-state index is 0.734. The van der Waals surface area contributed by atoms with Gasteiger partial charge in [-0.05, 0) is 30.3 Å². The van der Waals surface area contributed by atoms with E-state index in [-0.39, 0.29) is 0 Å². The highest BCUT2D eigenvalue weighted by molar-refractivity contribution is 5.69. The summed E-state index contributed by atoms with van der Waals surface area (Å²) < 4.78 is 10.8. The highest BCUT2D eigenvalue weighted by Gasteiger charge is 2.20. The predicted octanol–water partition coefficient (Wildman–Crippen LogP) is 3.49. The quantitative estimate of drug-likeness (QED) is 0.679. The third kappa shape index (κ3) is 3.71. The zero-order valence-corrected chi connectivity index (χ0v) is 16.2. The molecule has 0 amide bonds. The first-order chi connectivity index (χ1) is 13.8. The van der Waals surface area contributed by atoms with Crippen molar-refractivity contribution in [1.29, 1.82) is 0 Å². The van der Waals surface area contributed by atoms with E-state index in [1.807, 2.05) is 36.5 Å². The van der Waals surface area contributed by atoms with Crippen LogP contribution in [0.5, 0.6) is 11.5 Å². The average molecular weight is 376 g/mol. The van der Waals surface area contributed by atoms with Gasteiger partial charge in [0.15, 0.2) is 0 Å². The van der Waals surface area contributed by atoms with Gasteiger partial charge in [-0.15, -0.1) is 0 Å². The number of benzene rings is 2. The molecule has 0 radical (unpaired) electrons. The molecule has 1 aromatic heterocycles. The van der Waals surface area contributed by atoms with Gasteiger partial charge in [0.05, 0.1) is 19.9 Å². The molecular weight excluding hydrogens is 352 g/mol. The molecule has 0 aliphatic carbocycles. The second kappa shape index (κ2) is 8.17. The fourth-order valence-electron chi connectivity index (χ4n) is 3.46. The van der Waals surface area contributed by atoms with Crippen molar-refractivity contribution < 1.29 is 9.47 Å². The van der Waals surface area contributed by atoms with Gasteiger partial charge in [0.1, 0.15) is 11.5 Å². The lowest BCUT2D eigenvalue weighted by atomic mass is 10.1. The van der Waals surface area contributed by atoms with Crippen molar-refractivity contribution in [3.05, 3.63) is 60.8 Å². The van der Waals surface area contributed by atoms with Crippen LogP contribution in [0.1, 0.15) is 0 Å². The summed E-state index contributed by atoms with van der Waals surface area (Å²) in [7, 11) is 3.30. The molecule has 3 aromatic rings. The second-order valence-corrected chi connectivity index (χ2v) is 6.62. The summed E-state index contributed by atoms with van der Waals surface area (Å²) in [5.41, 5.74) is 3.03. The fourth-order valence-corrected chi connectivity index (χ4v) is 3.46. The Kier molecular flexibility index (Phi) is 5.28. The molecule has 6 heteroatoms. The smallest absolute Gasteiger partial charge is 0.225 e. The summed E-state index contributed by atoms with van der Waals surface area (Å²) in [6, 6.07) is 18.2. The Morgan fingerprint density at radius 3 is 2.29 bits per heavy atom. The lowest BCUT2D eigenvalue weighted by Crippen LogP contribution is -2.47. The third-order valence-electron chi connectivity index (χ3n) is 5.01. The van der Waals surface area contributed by atoms with Crippen molar-refractivity contribution in [3.8, 4) is 22.8 Å². The van der Waals surface area contributed by atoms with Crippen LogP contribution >= 0.6 is 0 Å². The number of nitrogens with zero attached hydrogens (tertiary/aromatic N) is 4. The summed E-state index contributed by atoms with van der Waals surface area (Å²) in [5, 5.41) is 0. The van der Waals surface area contributed by atoms with Gasteiger partial charge in [-0.2, -0.15) is 0 Å². The molecule has 1 fully saturated rings. The van der Waals surface area contributed by atoms with Crippen molar-refractivity contribution in [2.24, 2.45) is 0 Å². The fraction of sp³-hybridized carbons (Fsp3) is 0.273.